The van der Waals surface area contributed by atoms with Gasteiger partial charge in [0.1, 0.15) is 0 Å². The molecule has 0 saturated heterocycles. The Kier molecular flexibility index (Phi) is 5.22. The van der Waals surface area contributed by atoms with Crippen molar-refractivity contribution in [3.8, 4) is 17.1 Å². The molecule has 7 nitrogen and oxygen atoms in total. The van der Waals surface area contributed by atoms with Gasteiger partial charge in [0.2, 0.25) is 0 Å². The maximum atomic E-state index is 11.1. The Labute approximate surface area is 155 Å². The molecule has 0 N–H and O–H groups in total. The van der Waals surface area contributed by atoms with Gasteiger partial charge in [-0.1, -0.05) is 42.1 Å². The van der Waals surface area contributed by atoms with Gasteiger partial charge in [0.05, 0.1) is 12.0 Å². The summed E-state index contributed by atoms with van der Waals surface area (Å²) in [6.45, 7) is 2.04. The summed E-state index contributed by atoms with van der Waals surface area (Å²) >= 11 is 1.48. The molecular formula is C18H18N4O3S. The van der Waals surface area contributed by atoms with E-state index in [0.717, 1.165) is 27.7 Å². The average molecular weight is 370 g/mol. The average Bonchev–Trinajstić information content (AvgIpc) is 3.00. The summed E-state index contributed by atoms with van der Waals surface area (Å²) in [6.07, 6.45) is 0. The highest BCUT2D eigenvalue weighted by Crippen LogP contribution is 2.31. The van der Waals surface area contributed by atoms with E-state index in [-0.39, 0.29) is 11.4 Å². The fourth-order valence-electron chi connectivity index (χ4n) is 2.61. The molecule has 0 unspecified atom stereocenters. The van der Waals surface area contributed by atoms with Crippen molar-refractivity contribution in [2.45, 2.75) is 17.8 Å². The number of aromatic nitrogens is 3. The van der Waals surface area contributed by atoms with E-state index in [0.29, 0.717) is 5.75 Å². The fourth-order valence-corrected chi connectivity index (χ4v) is 3.47. The smallest absolute Gasteiger partial charge is 0.311 e. The molecule has 0 aliphatic rings. The number of nitrogens with zero attached hydrogens (tertiary/aromatic N) is 4. The van der Waals surface area contributed by atoms with Gasteiger partial charge < -0.3 is 9.30 Å². The van der Waals surface area contributed by atoms with Crippen LogP contribution < -0.4 is 4.74 Å². The number of benzene rings is 2. The van der Waals surface area contributed by atoms with Crippen LogP contribution in [0.2, 0.25) is 0 Å². The van der Waals surface area contributed by atoms with E-state index in [1.807, 2.05) is 48.9 Å². The number of aryl methyl sites for hydroxylation is 1. The molecule has 0 aliphatic carbocycles. The van der Waals surface area contributed by atoms with Crippen LogP contribution in [0, 0.1) is 17.0 Å². The Morgan fingerprint density at radius 1 is 1.23 bits per heavy atom. The van der Waals surface area contributed by atoms with Crippen LogP contribution in [0.4, 0.5) is 5.69 Å². The standard InChI is InChI=1S/C18H18N4O3S/c1-12-6-4-5-7-14(12)17-19-20-18(21(17)2)26-11-13-8-9-16(25-3)15(10-13)22(23)24/h4-10H,11H2,1-3H3. The van der Waals surface area contributed by atoms with Crippen LogP contribution in [-0.4, -0.2) is 26.8 Å². The molecule has 0 spiro atoms. The third-order valence-corrected chi connectivity index (χ3v) is 5.12. The van der Waals surface area contributed by atoms with Gasteiger partial charge in [-0.2, -0.15) is 0 Å². The Morgan fingerprint density at radius 2 is 2.00 bits per heavy atom. The van der Waals surface area contributed by atoms with Crippen molar-refractivity contribution >= 4 is 17.4 Å². The van der Waals surface area contributed by atoms with Gasteiger partial charge in [0.15, 0.2) is 16.7 Å². The number of hydrogen-bond donors (Lipinski definition) is 0. The van der Waals surface area contributed by atoms with Crippen molar-refractivity contribution in [3.05, 3.63) is 63.7 Å². The van der Waals surface area contributed by atoms with E-state index in [1.165, 1.54) is 24.9 Å². The van der Waals surface area contributed by atoms with Crippen LogP contribution in [0.15, 0.2) is 47.6 Å². The molecule has 134 valence electrons. The van der Waals surface area contributed by atoms with Crippen LogP contribution in [0.5, 0.6) is 5.75 Å². The Bertz CT molecular complexity index is 955. The van der Waals surface area contributed by atoms with Gasteiger partial charge in [0.25, 0.3) is 0 Å². The first kappa shape index (κ1) is 17.9. The first-order chi connectivity index (χ1) is 12.5. The summed E-state index contributed by atoms with van der Waals surface area (Å²) < 4.78 is 6.97. The Balaban J connectivity index is 1.80. The van der Waals surface area contributed by atoms with E-state index < -0.39 is 4.92 Å². The second kappa shape index (κ2) is 7.57. The molecule has 0 bridgehead atoms. The van der Waals surface area contributed by atoms with Gasteiger partial charge >= 0.3 is 5.69 Å². The molecule has 0 radical (unpaired) electrons. The predicted octanol–water partition coefficient (Wildman–Crippen LogP) is 4.00. The number of nitro groups is 1. The van der Waals surface area contributed by atoms with Crippen LogP contribution in [0.3, 0.4) is 0 Å². The fraction of sp³-hybridized carbons (Fsp3) is 0.222. The second-order valence-electron chi connectivity index (χ2n) is 5.73. The highest BCUT2D eigenvalue weighted by atomic mass is 32.2. The maximum Gasteiger partial charge on any atom is 0.311 e. The normalized spacial score (nSPS) is 10.7. The molecule has 0 aliphatic heterocycles. The monoisotopic (exact) mass is 370 g/mol. The molecule has 26 heavy (non-hydrogen) atoms. The predicted molar refractivity (Wildman–Crippen MR) is 100 cm³/mol. The van der Waals surface area contributed by atoms with Crippen molar-refractivity contribution in [2.24, 2.45) is 7.05 Å². The first-order valence-electron chi connectivity index (χ1n) is 7.90. The zero-order valence-corrected chi connectivity index (χ0v) is 15.5. The van der Waals surface area contributed by atoms with Crippen molar-refractivity contribution < 1.29 is 9.66 Å². The van der Waals surface area contributed by atoms with Gasteiger partial charge in [-0.15, -0.1) is 10.2 Å². The number of ether oxygens (including phenoxy) is 1. The van der Waals surface area contributed by atoms with E-state index in [4.69, 9.17) is 4.74 Å². The molecule has 0 atom stereocenters. The highest BCUT2D eigenvalue weighted by molar-refractivity contribution is 7.98. The van der Waals surface area contributed by atoms with E-state index in [1.54, 1.807) is 6.07 Å². The van der Waals surface area contributed by atoms with Crippen LogP contribution in [0.1, 0.15) is 11.1 Å². The molecule has 3 aromatic rings. The highest BCUT2D eigenvalue weighted by Gasteiger charge is 2.17. The number of nitro benzene ring substituents is 1. The van der Waals surface area contributed by atoms with Crippen LogP contribution in [-0.2, 0) is 12.8 Å². The molecule has 0 fully saturated rings. The maximum absolute atomic E-state index is 11.1. The summed E-state index contributed by atoms with van der Waals surface area (Å²) in [4.78, 5) is 10.7. The quantitative estimate of drug-likeness (QED) is 0.370. The van der Waals surface area contributed by atoms with Gasteiger partial charge in [-0.25, -0.2) is 0 Å². The minimum atomic E-state index is -0.439. The van der Waals surface area contributed by atoms with Crippen molar-refractivity contribution in [1.82, 2.24) is 14.8 Å². The lowest BCUT2D eigenvalue weighted by atomic mass is 10.1. The van der Waals surface area contributed by atoms with Crippen LogP contribution in [0.25, 0.3) is 11.4 Å². The van der Waals surface area contributed by atoms with E-state index in [2.05, 4.69) is 10.2 Å². The summed E-state index contributed by atoms with van der Waals surface area (Å²) in [5.41, 5.74) is 2.95. The molecule has 0 saturated carbocycles. The minimum Gasteiger partial charge on any atom is -0.490 e. The van der Waals surface area contributed by atoms with Gasteiger partial charge in [-0.3, -0.25) is 10.1 Å². The summed E-state index contributed by atoms with van der Waals surface area (Å²) in [7, 11) is 3.34. The molecule has 1 aromatic heterocycles. The van der Waals surface area contributed by atoms with Gasteiger partial charge in [-0.05, 0) is 24.1 Å². The number of rotatable bonds is 6. The molecule has 1 heterocycles. The largest absolute Gasteiger partial charge is 0.490 e. The lowest BCUT2D eigenvalue weighted by molar-refractivity contribution is -0.385. The molecule has 0 amide bonds. The third kappa shape index (κ3) is 3.55. The van der Waals surface area contributed by atoms with E-state index >= 15 is 0 Å². The summed E-state index contributed by atoms with van der Waals surface area (Å²) in [5, 5.41) is 20.5. The minimum absolute atomic E-state index is 0.0378. The third-order valence-electron chi connectivity index (χ3n) is 4.03. The van der Waals surface area contributed by atoms with Crippen LogP contribution >= 0.6 is 11.8 Å². The molecule has 8 heteroatoms. The summed E-state index contributed by atoms with van der Waals surface area (Å²) in [5.74, 6) is 1.60. The topological polar surface area (TPSA) is 83.1 Å². The Morgan fingerprint density at radius 3 is 2.69 bits per heavy atom. The molecular weight excluding hydrogens is 352 g/mol. The van der Waals surface area contributed by atoms with Crippen molar-refractivity contribution in [3.63, 3.8) is 0 Å². The summed E-state index contributed by atoms with van der Waals surface area (Å²) in [6, 6.07) is 13.0. The van der Waals surface area contributed by atoms with E-state index in [9.17, 15) is 10.1 Å². The zero-order chi connectivity index (χ0) is 18.7. The van der Waals surface area contributed by atoms with Crippen molar-refractivity contribution in [2.75, 3.05) is 7.11 Å². The van der Waals surface area contributed by atoms with Gasteiger partial charge in [0, 0.05) is 24.4 Å². The molecule has 2 aromatic carbocycles. The second-order valence-corrected chi connectivity index (χ2v) is 6.67. The molecule has 3 rings (SSSR count). The first-order valence-corrected chi connectivity index (χ1v) is 8.89. The SMILES string of the molecule is COc1ccc(CSc2nnc(-c3ccccc3C)n2C)cc1[N+](=O)[O-]. The number of methoxy groups -OCH3 is 1. The number of hydrogen-bond acceptors (Lipinski definition) is 6. The lowest BCUT2D eigenvalue weighted by Crippen LogP contribution is -1.97. The Hall–Kier alpha value is -2.87. The lowest BCUT2D eigenvalue weighted by Gasteiger charge is -2.07. The number of thioether (sulfide) groups is 1. The zero-order valence-electron chi connectivity index (χ0n) is 14.7. The van der Waals surface area contributed by atoms with Crippen molar-refractivity contribution in [1.29, 1.82) is 0 Å².